The third kappa shape index (κ3) is 4.28. The molecule has 1 aliphatic rings. The molecule has 0 saturated carbocycles. The Bertz CT molecular complexity index is 922. The van der Waals surface area contributed by atoms with Crippen LogP contribution in [0.25, 0.3) is 11.3 Å². The molecular weight excluding hydrogens is 374 g/mol. The topological polar surface area (TPSA) is 80.1 Å². The van der Waals surface area contributed by atoms with Gasteiger partial charge in [0.05, 0.1) is 17.1 Å². The molecule has 0 aliphatic carbocycles. The van der Waals surface area contributed by atoms with Crippen LogP contribution in [0, 0.1) is 5.92 Å². The van der Waals surface area contributed by atoms with Crippen LogP contribution in [0.1, 0.15) is 12.8 Å². The van der Waals surface area contributed by atoms with Crippen LogP contribution in [-0.2, 0) is 16.1 Å². The fourth-order valence-corrected chi connectivity index (χ4v) is 3.94. The first-order chi connectivity index (χ1) is 13.7. The number of carbonyl (C=O) groups is 2. The van der Waals surface area contributed by atoms with Gasteiger partial charge in [0.2, 0.25) is 11.8 Å². The zero-order chi connectivity index (χ0) is 19.3. The third-order valence-corrected chi connectivity index (χ3v) is 5.47. The molecule has 2 aromatic heterocycles. The summed E-state index contributed by atoms with van der Waals surface area (Å²) in [5.41, 5.74) is 4.51. The smallest absolute Gasteiger partial charge is 0.244 e. The molecule has 1 fully saturated rings. The maximum Gasteiger partial charge on any atom is 0.244 e. The number of amides is 2. The van der Waals surface area contributed by atoms with Crippen LogP contribution in [0.2, 0.25) is 0 Å². The predicted molar refractivity (Wildman–Crippen MR) is 108 cm³/mol. The average Bonchev–Trinajstić information content (AvgIpc) is 3.43. The Balaban J connectivity index is 1.34. The zero-order valence-electron chi connectivity index (χ0n) is 15.3. The van der Waals surface area contributed by atoms with E-state index in [2.05, 4.69) is 15.4 Å². The fourth-order valence-electron chi connectivity index (χ4n) is 3.37. The largest absolute Gasteiger partial charge is 0.340 e. The van der Waals surface area contributed by atoms with E-state index in [1.807, 2.05) is 29.6 Å². The van der Waals surface area contributed by atoms with E-state index in [-0.39, 0.29) is 24.3 Å². The maximum atomic E-state index is 12.7. The van der Waals surface area contributed by atoms with Crippen molar-refractivity contribution < 1.29 is 9.59 Å². The molecule has 0 unspecified atom stereocenters. The normalized spacial score (nSPS) is 16.7. The van der Waals surface area contributed by atoms with E-state index in [9.17, 15) is 9.59 Å². The van der Waals surface area contributed by atoms with Crippen molar-refractivity contribution in [2.24, 2.45) is 5.92 Å². The Morgan fingerprint density at radius 3 is 2.82 bits per heavy atom. The highest BCUT2D eigenvalue weighted by Crippen LogP contribution is 2.23. The first-order valence-electron chi connectivity index (χ1n) is 9.24. The van der Waals surface area contributed by atoms with E-state index in [1.165, 1.54) is 0 Å². The van der Waals surface area contributed by atoms with Crippen molar-refractivity contribution in [1.29, 1.82) is 0 Å². The SMILES string of the molecule is O=C(Nc1ccc(-c2cscn2)cc1)[C@@H]1CCCN(C(=O)Cn2cccn2)C1. The van der Waals surface area contributed by atoms with Gasteiger partial charge in [0, 0.05) is 42.1 Å². The van der Waals surface area contributed by atoms with Gasteiger partial charge in [-0.05, 0) is 31.0 Å². The molecule has 1 N–H and O–H groups in total. The summed E-state index contributed by atoms with van der Waals surface area (Å²) in [5, 5.41) is 9.04. The van der Waals surface area contributed by atoms with Crippen LogP contribution in [0.3, 0.4) is 0 Å². The van der Waals surface area contributed by atoms with Crippen LogP contribution in [0.5, 0.6) is 0 Å². The molecule has 1 atom stereocenters. The van der Waals surface area contributed by atoms with E-state index in [0.717, 1.165) is 29.8 Å². The number of piperidine rings is 1. The Morgan fingerprint density at radius 2 is 2.11 bits per heavy atom. The maximum absolute atomic E-state index is 12.7. The van der Waals surface area contributed by atoms with Crippen LogP contribution in [-0.4, -0.2) is 44.6 Å². The number of thiazole rings is 1. The second kappa shape index (κ2) is 8.35. The van der Waals surface area contributed by atoms with Gasteiger partial charge < -0.3 is 10.2 Å². The van der Waals surface area contributed by atoms with Crippen LogP contribution >= 0.6 is 11.3 Å². The van der Waals surface area contributed by atoms with E-state index in [0.29, 0.717) is 13.1 Å². The number of likely N-dealkylation sites (tertiary alicyclic amines) is 1. The van der Waals surface area contributed by atoms with Crippen molar-refractivity contribution in [2.75, 3.05) is 18.4 Å². The van der Waals surface area contributed by atoms with Crippen molar-refractivity contribution in [1.82, 2.24) is 19.7 Å². The van der Waals surface area contributed by atoms with E-state index >= 15 is 0 Å². The Morgan fingerprint density at radius 1 is 1.25 bits per heavy atom. The summed E-state index contributed by atoms with van der Waals surface area (Å²) in [6, 6.07) is 9.46. The summed E-state index contributed by atoms with van der Waals surface area (Å²) in [6.45, 7) is 1.34. The number of carbonyl (C=O) groups excluding carboxylic acids is 2. The van der Waals surface area contributed by atoms with Gasteiger partial charge in [0.25, 0.3) is 0 Å². The van der Waals surface area contributed by atoms with E-state index in [4.69, 9.17) is 0 Å². The highest BCUT2D eigenvalue weighted by Gasteiger charge is 2.28. The van der Waals surface area contributed by atoms with Crippen LogP contribution < -0.4 is 5.32 Å². The Hall–Kier alpha value is -3.00. The van der Waals surface area contributed by atoms with Crippen molar-refractivity contribution in [2.45, 2.75) is 19.4 Å². The number of nitrogens with one attached hydrogen (secondary N) is 1. The molecule has 28 heavy (non-hydrogen) atoms. The highest BCUT2D eigenvalue weighted by atomic mass is 32.1. The molecule has 3 aromatic rings. The van der Waals surface area contributed by atoms with Crippen molar-refractivity contribution in [3.63, 3.8) is 0 Å². The monoisotopic (exact) mass is 395 g/mol. The minimum absolute atomic E-state index is 0.00573. The number of benzene rings is 1. The molecule has 144 valence electrons. The van der Waals surface area contributed by atoms with Gasteiger partial charge >= 0.3 is 0 Å². The minimum Gasteiger partial charge on any atom is -0.340 e. The molecule has 0 radical (unpaired) electrons. The van der Waals surface area contributed by atoms with Crippen molar-refractivity contribution >= 4 is 28.8 Å². The van der Waals surface area contributed by atoms with Gasteiger partial charge in [-0.25, -0.2) is 4.98 Å². The van der Waals surface area contributed by atoms with Gasteiger partial charge in [0.15, 0.2) is 0 Å². The predicted octanol–water partition coefficient (Wildman–Crippen LogP) is 2.88. The fraction of sp³-hybridized carbons (Fsp3) is 0.300. The Labute approximate surface area is 167 Å². The number of nitrogens with zero attached hydrogens (tertiary/aromatic N) is 4. The summed E-state index contributed by atoms with van der Waals surface area (Å²) < 4.78 is 1.61. The molecule has 0 bridgehead atoms. The summed E-state index contributed by atoms with van der Waals surface area (Å²) >= 11 is 1.55. The lowest BCUT2D eigenvalue weighted by atomic mass is 9.97. The lowest BCUT2D eigenvalue weighted by Crippen LogP contribution is -2.45. The number of anilines is 1. The molecule has 4 rings (SSSR count). The molecule has 8 heteroatoms. The second-order valence-electron chi connectivity index (χ2n) is 6.82. The van der Waals surface area contributed by atoms with Crippen LogP contribution in [0.15, 0.2) is 53.6 Å². The summed E-state index contributed by atoms with van der Waals surface area (Å²) in [7, 11) is 0. The van der Waals surface area contributed by atoms with Gasteiger partial charge in [-0.2, -0.15) is 5.10 Å². The molecular formula is C20H21N5O2S. The first kappa shape index (κ1) is 18.4. The van der Waals surface area contributed by atoms with E-state index < -0.39 is 0 Å². The number of aromatic nitrogens is 3. The summed E-state index contributed by atoms with van der Waals surface area (Å²) in [5.74, 6) is -0.250. The van der Waals surface area contributed by atoms with Gasteiger partial charge in [-0.1, -0.05) is 12.1 Å². The molecule has 7 nitrogen and oxygen atoms in total. The average molecular weight is 395 g/mol. The standard InChI is InChI=1S/C20H21N5O2S/c26-19(12-25-10-2-8-22-25)24-9-1-3-16(11-24)20(27)23-17-6-4-15(5-7-17)18-13-28-14-21-18/h2,4-8,10,13-14,16H,1,3,9,11-12H2,(H,23,27)/t16-/m1/s1. The van der Waals surface area contributed by atoms with Crippen LogP contribution in [0.4, 0.5) is 5.69 Å². The summed E-state index contributed by atoms with van der Waals surface area (Å²) in [4.78, 5) is 31.2. The van der Waals surface area contributed by atoms with E-state index in [1.54, 1.807) is 44.9 Å². The zero-order valence-corrected chi connectivity index (χ0v) is 16.1. The lowest BCUT2D eigenvalue weighted by Gasteiger charge is -2.32. The van der Waals surface area contributed by atoms with Gasteiger partial charge in [0.1, 0.15) is 6.54 Å². The second-order valence-corrected chi connectivity index (χ2v) is 7.54. The molecule has 0 spiro atoms. The highest BCUT2D eigenvalue weighted by molar-refractivity contribution is 7.07. The third-order valence-electron chi connectivity index (χ3n) is 4.88. The molecule has 2 amide bonds. The first-order valence-corrected chi connectivity index (χ1v) is 10.2. The number of rotatable bonds is 5. The van der Waals surface area contributed by atoms with Gasteiger partial charge in [-0.3, -0.25) is 14.3 Å². The minimum atomic E-state index is -0.200. The Kier molecular flexibility index (Phi) is 5.48. The van der Waals surface area contributed by atoms with Crippen molar-refractivity contribution in [3.05, 3.63) is 53.6 Å². The quantitative estimate of drug-likeness (QED) is 0.720. The molecule has 1 saturated heterocycles. The molecule has 1 aromatic carbocycles. The lowest BCUT2D eigenvalue weighted by molar-refractivity contribution is -0.135. The summed E-state index contributed by atoms with van der Waals surface area (Å²) in [6.07, 6.45) is 5.03. The van der Waals surface area contributed by atoms with Crippen molar-refractivity contribution in [3.8, 4) is 11.3 Å². The van der Waals surface area contributed by atoms with Gasteiger partial charge in [-0.15, -0.1) is 11.3 Å². The molecule has 1 aliphatic heterocycles. The molecule has 3 heterocycles. The number of hydrogen-bond donors (Lipinski definition) is 1. The number of hydrogen-bond acceptors (Lipinski definition) is 5.